The van der Waals surface area contributed by atoms with E-state index in [0.717, 1.165) is 0 Å². The summed E-state index contributed by atoms with van der Waals surface area (Å²) in [4.78, 5) is 24.2. The van der Waals surface area contributed by atoms with E-state index in [1.165, 1.54) is 23.9 Å². The van der Waals surface area contributed by atoms with E-state index >= 15 is 0 Å². The van der Waals surface area contributed by atoms with Crippen LogP contribution < -0.4 is 5.32 Å². The van der Waals surface area contributed by atoms with Crippen molar-refractivity contribution in [3.05, 3.63) is 45.2 Å². The van der Waals surface area contributed by atoms with Crippen molar-refractivity contribution in [2.45, 2.75) is 6.92 Å². The number of rotatable bonds is 3. The van der Waals surface area contributed by atoms with Gasteiger partial charge in [-0.25, -0.2) is 4.79 Å². The van der Waals surface area contributed by atoms with Gasteiger partial charge in [0.25, 0.3) is 5.91 Å². The molecule has 0 spiro atoms. The molecule has 1 aromatic heterocycles. The lowest BCUT2D eigenvalue weighted by Crippen LogP contribution is -2.17. The van der Waals surface area contributed by atoms with Crippen LogP contribution >= 0.6 is 23.2 Å². The zero-order valence-electron chi connectivity index (χ0n) is 12.1. The third-order valence-electron chi connectivity index (χ3n) is 3.02. The van der Waals surface area contributed by atoms with Crippen molar-refractivity contribution >= 4 is 40.8 Å². The van der Waals surface area contributed by atoms with E-state index in [9.17, 15) is 9.59 Å². The fourth-order valence-corrected chi connectivity index (χ4v) is 2.49. The zero-order valence-corrected chi connectivity index (χ0v) is 13.6. The molecular weight excluding hydrogens is 329 g/mol. The minimum atomic E-state index is -0.597. The largest absolute Gasteiger partial charge is 0.464 e. The summed E-state index contributed by atoms with van der Waals surface area (Å²) in [5, 5.41) is 7.39. The van der Waals surface area contributed by atoms with Crippen molar-refractivity contribution in [1.82, 2.24) is 9.78 Å². The second-order valence-corrected chi connectivity index (χ2v) is 5.35. The second kappa shape index (κ2) is 6.37. The van der Waals surface area contributed by atoms with Gasteiger partial charge in [-0.3, -0.25) is 9.48 Å². The smallest absolute Gasteiger partial charge is 0.358 e. The molecule has 0 saturated heterocycles. The first-order valence-electron chi connectivity index (χ1n) is 6.23. The molecule has 1 aromatic carbocycles. The summed E-state index contributed by atoms with van der Waals surface area (Å²) in [5.74, 6) is -1.07. The lowest BCUT2D eigenvalue weighted by molar-refractivity contribution is 0.0589. The topological polar surface area (TPSA) is 73.2 Å². The monoisotopic (exact) mass is 341 g/mol. The van der Waals surface area contributed by atoms with E-state index in [-0.39, 0.29) is 22.0 Å². The molecule has 2 rings (SSSR count). The van der Waals surface area contributed by atoms with Crippen LogP contribution in [0.4, 0.5) is 5.69 Å². The van der Waals surface area contributed by atoms with Crippen LogP contribution in [0.5, 0.6) is 0 Å². The molecule has 0 aliphatic heterocycles. The first-order chi connectivity index (χ1) is 10.3. The number of carbonyl (C=O) groups excluding carboxylic acids is 2. The fourth-order valence-electron chi connectivity index (χ4n) is 1.99. The number of ether oxygens (including phenoxy) is 1. The molecule has 0 atom stereocenters. The molecule has 0 fully saturated rings. The molecule has 2 aromatic rings. The molecule has 22 heavy (non-hydrogen) atoms. The van der Waals surface area contributed by atoms with Crippen LogP contribution in [-0.2, 0) is 11.8 Å². The van der Waals surface area contributed by atoms with Crippen molar-refractivity contribution in [2.24, 2.45) is 7.05 Å². The summed E-state index contributed by atoms with van der Waals surface area (Å²) >= 11 is 11.8. The fraction of sp³-hybridized carbons (Fsp3) is 0.214. The minimum Gasteiger partial charge on any atom is -0.464 e. The van der Waals surface area contributed by atoms with Gasteiger partial charge in [0.1, 0.15) is 0 Å². The molecule has 0 radical (unpaired) electrons. The Labute approximate surface area is 137 Å². The van der Waals surface area contributed by atoms with Crippen molar-refractivity contribution < 1.29 is 14.3 Å². The summed E-state index contributed by atoms with van der Waals surface area (Å²) in [7, 11) is 2.84. The Kier molecular flexibility index (Phi) is 4.73. The molecule has 0 saturated carbocycles. The van der Waals surface area contributed by atoms with Crippen LogP contribution in [0.25, 0.3) is 0 Å². The molecule has 8 heteroatoms. The summed E-state index contributed by atoms with van der Waals surface area (Å²) in [6.45, 7) is 1.67. The number of anilines is 1. The lowest BCUT2D eigenvalue weighted by atomic mass is 10.2. The highest BCUT2D eigenvalue weighted by Gasteiger charge is 2.23. The number of esters is 1. The van der Waals surface area contributed by atoms with Crippen molar-refractivity contribution in [1.29, 1.82) is 0 Å². The van der Waals surface area contributed by atoms with Gasteiger partial charge in [-0.2, -0.15) is 5.10 Å². The SMILES string of the molecule is COC(=O)c1c(NC(=O)c2ccc(Cl)cc2Cl)c(C)nn1C. The Balaban J connectivity index is 2.38. The summed E-state index contributed by atoms with van der Waals surface area (Å²) in [6, 6.07) is 4.53. The standard InChI is InChI=1S/C14H13Cl2N3O3/c1-7-11(12(14(21)22-3)19(2)18-7)17-13(20)9-5-4-8(15)6-10(9)16/h4-6H,1-3H3,(H,17,20). The number of carbonyl (C=O) groups is 2. The van der Waals surface area contributed by atoms with Crippen LogP contribution in [-0.4, -0.2) is 28.8 Å². The predicted octanol–water partition coefficient (Wildman–Crippen LogP) is 3.07. The number of methoxy groups -OCH3 is 1. The van der Waals surface area contributed by atoms with Crippen molar-refractivity contribution in [3.8, 4) is 0 Å². The van der Waals surface area contributed by atoms with Gasteiger partial charge in [0.05, 0.1) is 29.1 Å². The molecule has 0 unspecified atom stereocenters. The van der Waals surface area contributed by atoms with Crippen molar-refractivity contribution in [3.63, 3.8) is 0 Å². The van der Waals surface area contributed by atoms with Crippen LogP contribution in [0.1, 0.15) is 26.5 Å². The molecule has 1 amide bonds. The van der Waals surface area contributed by atoms with E-state index in [0.29, 0.717) is 10.7 Å². The summed E-state index contributed by atoms with van der Waals surface area (Å²) < 4.78 is 6.05. The molecular formula is C14H13Cl2N3O3. The minimum absolute atomic E-state index is 0.151. The van der Waals surface area contributed by atoms with Crippen molar-refractivity contribution in [2.75, 3.05) is 12.4 Å². The molecule has 0 bridgehead atoms. The van der Waals surface area contributed by atoms with E-state index in [2.05, 4.69) is 10.4 Å². The average Bonchev–Trinajstić information content (AvgIpc) is 2.72. The van der Waals surface area contributed by atoms with Gasteiger partial charge in [-0.15, -0.1) is 0 Å². The highest BCUT2D eigenvalue weighted by molar-refractivity contribution is 6.37. The lowest BCUT2D eigenvalue weighted by Gasteiger charge is -2.08. The molecule has 0 aliphatic rings. The predicted molar refractivity (Wildman–Crippen MR) is 83.7 cm³/mol. The van der Waals surface area contributed by atoms with E-state index in [4.69, 9.17) is 27.9 Å². The van der Waals surface area contributed by atoms with Crippen LogP contribution in [0.3, 0.4) is 0 Å². The molecule has 1 heterocycles. The maximum atomic E-state index is 12.3. The number of hydrogen-bond acceptors (Lipinski definition) is 4. The quantitative estimate of drug-likeness (QED) is 0.870. The first-order valence-corrected chi connectivity index (χ1v) is 6.99. The number of amides is 1. The van der Waals surface area contributed by atoms with Crippen LogP contribution in [0.2, 0.25) is 10.0 Å². The van der Waals surface area contributed by atoms with Gasteiger partial charge in [0, 0.05) is 12.1 Å². The first kappa shape index (κ1) is 16.3. The van der Waals surface area contributed by atoms with Gasteiger partial charge in [-0.05, 0) is 25.1 Å². The Bertz CT molecular complexity index is 756. The second-order valence-electron chi connectivity index (χ2n) is 4.50. The van der Waals surface area contributed by atoms with Crippen LogP contribution in [0.15, 0.2) is 18.2 Å². The third kappa shape index (κ3) is 3.08. The maximum absolute atomic E-state index is 12.3. The third-order valence-corrected chi connectivity index (χ3v) is 3.56. The number of aryl methyl sites for hydroxylation is 2. The van der Waals surface area contributed by atoms with Gasteiger partial charge < -0.3 is 10.1 Å². The highest BCUT2D eigenvalue weighted by atomic mass is 35.5. The summed E-state index contributed by atoms with van der Waals surface area (Å²) in [6.07, 6.45) is 0. The number of hydrogen-bond donors (Lipinski definition) is 1. The van der Waals surface area contributed by atoms with Gasteiger partial charge >= 0.3 is 5.97 Å². The molecule has 1 N–H and O–H groups in total. The van der Waals surface area contributed by atoms with E-state index in [1.807, 2.05) is 0 Å². The maximum Gasteiger partial charge on any atom is 0.358 e. The normalized spacial score (nSPS) is 10.4. The highest BCUT2D eigenvalue weighted by Crippen LogP contribution is 2.25. The zero-order chi connectivity index (χ0) is 16.4. The Morgan fingerprint density at radius 1 is 1.32 bits per heavy atom. The number of aromatic nitrogens is 2. The molecule has 0 aliphatic carbocycles. The Hall–Kier alpha value is -2.05. The molecule has 116 valence electrons. The van der Waals surface area contributed by atoms with Gasteiger partial charge in [0.15, 0.2) is 5.69 Å². The number of benzene rings is 1. The van der Waals surface area contributed by atoms with Gasteiger partial charge in [-0.1, -0.05) is 23.2 Å². The number of nitrogens with one attached hydrogen (secondary N) is 1. The number of nitrogens with zero attached hydrogens (tertiary/aromatic N) is 2. The molecule has 6 nitrogen and oxygen atoms in total. The summed E-state index contributed by atoms with van der Waals surface area (Å²) in [5.41, 5.74) is 1.16. The van der Waals surface area contributed by atoms with Gasteiger partial charge in [0.2, 0.25) is 0 Å². The van der Waals surface area contributed by atoms with Crippen LogP contribution in [0, 0.1) is 6.92 Å². The van der Waals surface area contributed by atoms with E-state index in [1.54, 1.807) is 20.0 Å². The Morgan fingerprint density at radius 2 is 2.00 bits per heavy atom. The average molecular weight is 342 g/mol. The number of halogens is 2. The van der Waals surface area contributed by atoms with E-state index < -0.39 is 11.9 Å². The Morgan fingerprint density at radius 3 is 2.59 bits per heavy atom.